The van der Waals surface area contributed by atoms with E-state index in [9.17, 15) is 4.79 Å². The number of hydrogen-bond donors (Lipinski definition) is 1. The third kappa shape index (κ3) is 16.1. The number of amides is 1. The Kier molecular flexibility index (Phi) is 14.8. The van der Waals surface area contributed by atoms with Crippen molar-refractivity contribution in [1.82, 2.24) is 0 Å². The van der Waals surface area contributed by atoms with E-state index >= 15 is 0 Å². The highest BCUT2D eigenvalue weighted by atomic mass is 127. The summed E-state index contributed by atoms with van der Waals surface area (Å²) in [4.78, 5) is 10.7. The highest BCUT2D eigenvalue weighted by Gasteiger charge is 2.05. The third-order valence-corrected chi connectivity index (χ3v) is 4.82. The van der Waals surface area contributed by atoms with Gasteiger partial charge in [0.15, 0.2) is 0 Å². The molecule has 0 aliphatic rings. The molecule has 0 rings (SSSR count). The van der Waals surface area contributed by atoms with Crippen molar-refractivity contribution < 1.29 is 4.79 Å². The summed E-state index contributed by atoms with van der Waals surface area (Å²) in [5.41, 5.74) is 5.15. The fourth-order valence-corrected chi connectivity index (χ4v) is 3.05. The van der Waals surface area contributed by atoms with Crippen LogP contribution in [0.4, 0.5) is 0 Å². The second kappa shape index (κ2) is 14.6. The van der Waals surface area contributed by atoms with Crippen molar-refractivity contribution in [3.05, 3.63) is 0 Å². The number of carbonyl (C=O) groups is 1. The van der Waals surface area contributed by atoms with Crippen molar-refractivity contribution in [3.63, 3.8) is 0 Å². The Morgan fingerprint density at radius 2 is 1.37 bits per heavy atom. The van der Waals surface area contributed by atoms with Gasteiger partial charge in [-0.3, -0.25) is 4.79 Å². The van der Waals surface area contributed by atoms with E-state index in [4.69, 9.17) is 5.73 Å². The van der Waals surface area contributed by atoms with Crippen LogP contribution in [-0.2, 0) is 4.79 Å². The summed E-state index contributed by atoms with van der Waals surface area (Å²) in [6.07, 6.45) is 16.6. The van der Waals surface area contributed by atoms with Gasteiger partial charge >= 0.3 is 0 Å². The van der Waals surface area contributed by atoms with E-state index in [1.807, 2.05) is 0 Å². The van der Waals surface area contributed by atoms with Crippen molar-refractivity contribution in [1.29, 1.82) is 0 Å². The molecule has 0 heterocycles. The minimum Gasteiger partial charge on any atom is -0.370 e. The second-order valence-corrected chi connectivity index (χ2v) is 7.33. The molecule has 2 nitrogen and oxygen atoms in total. The molecule has 114 valence electrons. The molecule has 0 saturated carbocycles. The van der Waals surface area contributed by atoms with Crippen LogP contribution in [0, 0.1) is 0 Å². The molecule has 2 N–H and O–H groups in total. The van der Waals surface area contributed by atoms with Crippen molar-refractivity contribution in [2.24, 2.45) is 5.73 Å². The zero-order valence-corrected chi connectivity index (χ0v) is 14.8. The normalized spacial score (nSPS) is 12.5. The maximum absolute atomic E-state index is 10.7. The fraction of sp³-hybridized carbons (Fsp3) is 0.938. The fourth-order valence-electron chi connectivity index (χ4n) is 2.30. The van der Waals surface area contributed by atoms with Crippen LogP contribution in [-0.4, -0.2) is 9.83 Å². The Labute approximate surface area is 133 Å². The van der Waals surface area contributed by atoms with Crippen molar-refractivity contribution in [2.75, 3.05) is 0 Å². The largest absolute Gasteiger partial charge is 0.370 e. The lowest BCUT2D eigenvalue weighted by molar-refractivity contribution is -0.118. The summed E-state index contributed by atoms with van der Waals surface area (Å²) in [7, 11) is 0. The minimum absolute atomic E-state index is 0.162. The lowest BCUT2D eigenvalue weighted by atomic mass is 10.0. The number of hydrogen-bond acceptors (Lipinski definition) is 1. The molecule has 1 amide bonds. The Hall–Kier alpha value is 0.200. The van der Waals surface area contributed by atoms with Gasteiger partial charge in [-0.15, -0.1) is 0 Å². The quantitative estimate of drug-likeness (QED) is 0.245. The monoisotopic (exact) mass is 381 g/mol. The number of nitrogens with two attached hydrogens (primary N) is 1. The van der Waals surface area contributed by atoms with E-state index in [-0.39, 0.29) is 5.91 Å². The number of halogens is 1. The smallest absolute Gasteiger partial charge is 0.217 e. The summed E-state index contributed by atoms with van der Waals surface area (Å²) >= 11 is 2.45. The summed E-state index contributed by atoms with van der Waals surface area (Å²) in [6.45, 7) is 2.27. The van der Waals surface area contributed by atoms with Gasteiger partial charge in [0, 0.05) is 10.3 Å². The van der Waals surface area contributed by atoms with Gasteiger partial charge in [-0.1, -0.05) is 93.7 Å². The van der Waals surface area contributed by atoms with E-state index in [1.54, 1.807) is 0 Å². The van der Waals surface area contributed by atoms with Crippen LogP contribution in [0.25, 0.3) is 0 Å². The van der Waals surface area contributed by atoms with Crippen LogP contribution >= 0.6 is 22.6 Å². The zero-order chi connectivity index (χ0) is 14.3. The van der Waals surface area contributed by atoms with Crippen molar-refractivity contribution in [3.8, 4) is 0 Å². The maximum atomic E-state index is 10.7. The first kappa shape index (κ1) is 19.2. The zero-order valence-electron chi connectivity index (χ0n) is 12.6. The Balaban J connectivity index is 3.11. The summed E-state index contributed by atoms with van der Waals surface area (Å²) in [6, 6.07) is 0. The summed E-state index contributed by atoms with van der Waals surface area (Å²) in [5, 5.41) is 0. The average molecular weight is 381 g/mol. The molecule has 19 heavy (non-hydrogen) atoms. The molecular weight excluding hydrogens is 349 g/mol. The molecule has 0 saturated heterocycles. The van der Waals surface area contributed by atoms with Crippen molar-refractivity contribution >= 4 is 28.5 Å². The molecule has 0 aromatic heterocycles. The van der Waals surface area contributed by atoms with Gasteiger partial charge in [0.05, 0.1) is 0 Å². The first-order chi connectivity index (χ1) is 9.16. The van der Waals surface area contributed by atoms with Gasteiger partial charge in [-0.25, -0.2) is 0 Å². The van der Waals surface area contributed by atoms with Gasteiger partial charge in [-0.05, 0) is 12.8 Å². The van der Waals surface area contributed by atoms with Crippen LogP contribution in [0.3, 0.4) is 0 Å². The molecule has 0 fully saturated rings. The Morgan fingerprint density at radius 1 is 0.895 bits per heavy atom. The molecular formula is C16H32INO. The molecule has 1 atom stereocenters. The van der Waals surface area contributed by atoms with E-state index in [0.717, 1.165) is 6.42 Å². The summed E-state index contributed by atoms with van der Waals surface area (Å²) < 4.78 is 0.624. The highest BCUT2D eigenvalue weighted by Crippen LogP contribution is 2.18. The molecule has 0 aliphatic heterocycles. The van der Waals surface area contributed by atoms with Crippen LogP contribution in [0.15, 0.2) is 0 Å². The van der Waals surface area contributed by atoms with Gasteiger partial charge in [0.1, 0.15) is 0 Å². The maximum Gasteiger partial charge on any atom is 0.217 e. The van der Waals surface area contributed by atoms with Gasteiger partial charge in [0.25, 0.3) is 0 Å². The summed E-state index contributed by atoms with van der Waals surface area (Å²) in [5.74, 6) is -0.162. The number of rotatable bonds is 14. The second-order valence-electron chi connectivity index (χ2n) is 5.57. The molecule has 3 heteroatoms. The molecule has 0 aromatic rings. The Morgan fingerprint density at radius 3 is 1.84 bits per heavy atom. The molecule has 1 unspecified atom stereocenters. The number of alkyl halides is 1. The lowest BCUT2D eigenvalue weighted by Gasteiger charge is -2.08. The minimum atomic E-state index is -0.162. The van der Waals surface area contributed by atoms with Gasteiger partial charge in [-0.2, -0.15) is 0 Å². The van der Waals surface area contributed by atoms with Crippen LogP contribution in [0.1, 0.15) is 90.4 Å². The van der Waals surface area contributed by atoms with E-state index in [0.29, 0.717) is 10.3 Å². The van der Waals surface area contributed by atoms with Gasteiger partial charge in [0.2, 0.25) is 5.91 Å². The van der Waals surface area contributed by atoms with E-state index in [2.05, 4.69) is 29.5 Å². The SMILES string of the molecule is CCCCCCCCCCCCC(I)CCC(N)=O. The molecule has 0 aromatic carbocycles. The molecule has 0 aliphatic carbocycles. The van der Waals surface area contributed by atoms with Crippen molar-refractivity contribution in [2.45, 2.75) is 94.3 Å². The van der Waals surface area contributed by atoms with E-state index in [1.165, 1.54) is 70.6 Å². The van der Waals surface area contributed by atoms with Crippen LogP contribution in [0.2, 0.25) is 0 Å². The predicted molar refractivity (Wildman–Crippen MR) is 92.7 cm³/mol. The third-order valence-electron chi connectivity index (χ3n) is 3.57. The lowest BCUT2D eigenvalue weighted by Crippen LogP contribution is -2.12. The molecule has 0 bridgehead atoms. The number of carbonyl (C=O) groups excluding carboxylic acids is 1. The topological polar surface area (TPSA) is 43.1 Å². The van der Waals surface area contributed by atoms with Crippen LogP contribution in [0.5, 0.6) is 0 Å². The average Bonchev–Trinajstić information content (AvgIpc) is 2.38. The van der Waals surface area contributed by atoms with Crippen LogP contribution < -0.4 is 5.73 Å². The highest BCUT2D eigenvalue weighted by molar-refractivity contribution is 14.1. The first-order valence-corrected chi connectivity index (χ1v) is 9.33. The molecule has 0 radical (unpaired) electrons. The van der Waals surface area contributed by atoms with Gasteiger partial charge < -0.3 is 5.73 Å². The van der Waals surface area contributed by atoms with E-state index < -0.39 is 0 Å². The standard InChI is InChI=1S/C16H32INO/c1-2-3-4-5-6-7-8-9-10-11-12-15(17)13-14-16(18)19/h15H,2-14H2,1H3,(H2,18,19). The number of unbranched alkanes of at least 4 members (excludes halogenated alkanes) is 9. The molecule has 0 spiro atoms. The predicted octanol–water partition coefficient (Wildman–Crippen LogP) is 5.37. The Bertz CT molecular complexity index is 209. The number of primary amides is 1. The first-order valence-electron chi connectivity index (χ1n) is 8.09.